The second kappa shape index (κ2) is 6.22. The van der Waals surface area contributed by atoms with Crippen LogP contribution in [0.1, 0.15) is 46.1 Å². The second-order valence-electron chi connectivity index (χ2n) is 6.72. The van der Waals surface area contributed by atoms with Crippen LogP contribution in [0.5, 0.6) is 0 Å². The lowest BCUT2D eigenvalue weighted by Gasteiger charge is -2.32. The number of rotatable bonds is 2. The maximum atomic E-state index is 11.3. The number of anilines is 1. The maximum absolute atomic E-state index is 11.3. The zero-order chi connectivity index (χ0) is 15.6. The van der Waals surface area contributed by atoms with Gasteiger partial charge in [-0.15, -0.1) is 0 Å². The zero-order valence-corrected chi connectivity index (χ0v) is 14.0. The predicted molar refractivity (Wildman–Crippen MR) is 86.8 cm³/mol. The van der Waals surface area contributed by atoms with Gasteiger partial charge >= 0.3 is 0 Å². The van der Waals surface area contributed by atoms with E-state index in [9.17, 15) is 4.79 Å². The highest BCUT2D eigenvalue weighted by atomic mass is 35.5. The summed E-state index contributed by atoms with van der Waals surface area (Å²) in [6.07, 6.45) is 3.62. The number of likely N-dealkylation sites (tertiary alicyclic amines) is 1. The van der Waals surface area contributed by atoms with Gasteiger partial charge in [-0.2, -0.15) is 0 Å². The van der Waals surface area contributed by atoms with Gasteiger partial charge in [-0.3, -0.25) is 4.79 Å². The summed E-state index contributed by atoms with van der Waals surface area (Å²) in [7, 11) is 0. The highest BCUT2D eigenvalue weighted by Crippen LogP contribution is 2.30. The van der Waals surface area contributed by atoms with Gasteiger partial charge in [0.15, 0.2) is 0 Å². The number of hydrogen-bond acceptors (Lipinski definition) is 3. The van der Waals surface area contributed by atoms with Crippen LogP contribution in [0.3, 0.4) is 0 Å². The summed E-state index contributed by atoms with van der Waals surface area (Å²) < 4.78 is 0. The molecule has 0 aromatic carbocycles. The highest BCUT2D eigenvalue weighted by molar-refractivity contribution is 6.31. The van der Waals surface area contributed by atoms with Gasteiger partial charge in [0.05, 0.1) is 5.02 Å². The fraction of sp³-hybridized carbons (Fsp3) is 0.625. The van der Waals surface area contributed by atoms with E-state index in [1.165, 1.54) is 0 Å². The van der Waals surface area contributed by atoms with Crippen molar-refractivity contribution in [3.8, 4) is 0 Å². The Labute approximate surface area is 131 Å². The van der Waals surface area contributed by atoms with Crippen molar-refractivity contribution in [2.45, 2.75) is 52.0 Å². The molecule has 1 amide bonds. The highest BCUT2D eigenvalue weighted by Gasteiger charge is 2.22. The first kappa shape index (κ1) is 16.1. The molecule has 0 spiro atoms. The standard InChI is InChI=1S/C16H24ClN3O/c1-11(21)20-7-5-12(6-8-20)19-15-9-13(16(2,3)4)14(17)10-18-15/h9-10,12H,5-8H2,1-4H3,(H,18,19). The van der Waals surface area contributed by atoms with Gasteiger partial charge in [-0.25, -0.2) is 4.98 Å². The molecular formula is C16H24ClN3O. The molecule has 0 aliphatic carbocycles. The number of carbonyl (C=O) groups is 1. The Bertz CT molecular complexity index is 517. The monoisotopic (exact) mass is 309 g/mol. The summed E-state index contributed by atoms with van der Waals surface area (Å²) in [6, 6.07) is 2.40. The van der Waals surface area contributed by atoms with Gasteiger partial charge < -0.3 is 10.2 Å². The number of nitrogens with one attached hydrogen (secondary N) is 1. The van der Waals surface area contributed by atoms with Gasteiger partial charge in [-0.1, -0.05) is 32.4 Å². The third-order valence-corrected chi connectivity index (χ3v) is 4.26. The molecule has 5 heteroatoms. The summed E-state index contributed by atoms with van der Waals surface area (Å²) in [4.78, 5) is 17.6. The van der Waals surface area contributed by atoms with E-state index in [4.69, 9.17) is 11.6 Å². The summed E-state index contributed by atoms with van der Waals surface area (Å²) in [6.45, 7) is 9.68. The molecule has 4 nitrogen and oxygen atoms in total. The van der Waals surface area contributed by atoms with Crippen LogP contribution in [0.2, 0.25) is 5.02 Å². The predicted octanol–water partition coefficient (Wildman–Crippen LogP) is 3.46. The maximum Gasteiger partial charge on any atom is 0.219 e. The Kier molecular flexibility index (Phi) is 4.77. The van der Waals surface area contributed by atoms with Crippen LogP contribution >= 0.6 is 11.6 Å². The summed E-state index contributed by atoms with van der Waals surface area (Å²) in [5.41, 5.74) is 1.09. The summed E-state index contributed by atoms with van der Waals surface area (Å²) in [5.74, 6) is 1.03. The lowest BCUT2D eigenvalue weighted by Crippen LogP contribution is -2.41. The van der Waals surface area contributed by atoms with Crippen molar-refractivity contribution in [1.29, 1.82) is 0 Å². The first-order chi connectivity index (χ1) is 9.77. The molecule has 1 N–H and O–H groups in total. The Morgan fingerprint density at radius 3 is 2.52 bits per heavy atom. The Morgan fingerprint density at radius 1 is 1.38 bits per heavy atom. The van der Waals surface area contributed by atoms with Crippen molar-refractivity contribution in [2.24, 2.45) is 0 Å². The minimum Gasteiger partial charge on any atom is -0.367 e. The van der Waals surface area contributed by atoms with Crippen LogP contribution in [0.15, 0.2) is 12.3 Å². The first-order valence-electron chi connectivity index (χ1n) is 7.45. The van der Waals surface area contributed by atoms with Crippen molar-refractivity contribution in [3.05, 3.63) is 22.8 Å². The molecule has 0 unspecified atom stereocenters. The number of hydrogen-bond donors (Lipinski definition) is 1. The minimum atomic E-state index is -0.00551. The number of amides is 1. The number of pyridine rings is 1. The van der Waals surface area contributed by atoms with Gasteiger partial charge in [-0.05, 0) is 29.9 Å². The van der Waals surface area contributed by atoms with E-state index in [1.54, 1.807) is 13.1 Å². The lowest BCUT2D eigenvalue weighted by molar-refractivity contribution is -0.129. The van der Waals surface area contributed by atoms with E-state index in [1.807, 2.05) is 11.0 Å². The van der Waals surface area contributed by atoms with Crippen LogP contribution in [0.4, 0.5) is 5.82 Å². The van der Waals surface area contributed by atoms with Crippen LogP contribution in [0.25, 0.3) is 0 Å². The third kappa shape index (κ3) is 4.10. The van der Waals surface area contributed by atoms with Crippen molar-refractivity contribution >= 4 is 23.3 Å². The minimum absolute atomic E-state index is 0.00551. The molecule has 0 bridgehead atoms. The Morgan fingerprint density at radius 2 is 2.00 bits per heavy atom. The van der Waals surface area contributed by atoms with Crippen molar-refractivity contribution in [1.82, 2.24) is 9.88 Å². The van der Waals surface area contributed by atoms with Crippen LogP contribution in [0, 0.1) is 0 Å². The SMILES string of the molecule is CC(=O)N1CCC(Nc2cc(C(C)(C)C)c(Cl)cn2)CC1. The van der Waals surface area contributed by atoms with Crippen molar-refractivity contribution in [3.63, 3.8) is 0 Å². The largest absolute Gasteiger partial charge is 0.367 e. The molecule has 2 rings (SSSR count). The normalized spacial score (nSPS) is 16.9. The molecule has 2 heterocycles. The fourth-order valence-corrected chi connectivity index (χ4v) is 3.03. The molecular weight excluding hydrogens is 286 g/mol. The Balaban J connectivity index is 2.03. The van der Waals surface area contributed by atoms with E-state index in [0.29, 0.717) is 11.1 Å². The molecule has 1 fully saturated rings. The van der Waals surface area contributed by atoms with Gasteiger partial charge in [0, 0.05) is 32.3 Å². The van der Waals surface area contributed by atoms with Gasteiger partial charge in [0.2, 0.25) is 5.91 Å². The number of aromatic nitrogens is 1. The summed E-state index contributed by atoms with van der Waals surface area (Å²) >= 11 is 6.24. The molecule has 1 aromatic rings. The second-order valence-corrected chi connectivity index (χ2v) is 7.13. The molecule has 1 aliphatic heterocycles. The van der Waals surface area contributed by atoms with Crippen LogP contribution in [-0.2, 0) is 10.2 Å². The van der Waals surface area contributed by atoms with Crippen LogP contribution < -0.4 is 5.32 Å². The molecule has 21 heavy (non-hydrogen) atoms. The number of carbonyl (C=O) groups excluding carboxylic acids is 1. The van der Waals surface area contributed by atoms with E-state index in [2.05, 4.69) is 31.1 Å². The Hall–Kier alpha value is -1.29. The van der Waals surface area contributed by atoms with Crippen molar-refractivity contribution in [2.75, 3.05) is 18.4 Å². The van der Waals surface area contributed by atoms with Gasteiger partial charge in [0.1, 0.15) is 5.82 Å². The fourth-order valence-electron chi connectivity index (χ4n) is 2.64. The van der Waals surface area contributed by atoms with E-state index in [-0.39, 0.29) is 11.3 Å². The first-order valence-corrected chi connectivity index (χ1v) is 7.83. The quantitative estimate of drug-likeness (QED) is 0.910. The number of nitrogens with zero attached hydrogens (tertiary/aromatic N) is 2. The van der Waals surface area contributed by atoms with Crippen molar-refractivity contribution < 1.29 is 4.79 Å². The molecule has 1 saturated heterocycles. The van der Waals surface area contributed by atoms with E-state index in [0.717, 1.165) is 37.3 Å². The topological polar surface area (TPSA) is 45.2 Å². The number of piperidine rings is 1. The van der Waals surface area contributed by atoms with Gasteiger partial charge in [0.25, 0.3) is 0 Å². The van der Waals surface area contributed by atoms with E-state index >= 15 is 0 Å². The third-order valence-electron chi connectivity index (χ3n) is 3.96. The number of halogens is 1. The zero-order valence-electron chi connectivity index (χ0n) is 13.2. The van der Waals surface area contributed by atoms with E-state index < -0.39 is 0 Å². The average molecular weight is 310 g/mol. The molecule has 1 aromatic heterocycles. The average Bonchev–Trinajstić information content (AvgIpc) is 2.40. The molecule has 1 aliphatic rings. The molecule has 116 valence electrons. The molecule has 0 saturated carbocycles. The summed E-state index contributed by atoms with van der Waals surface area (Å²) in [5, 5.41) is 4.18. The lowest BCUT2D eigenvalue weighted by atomic mass is 9.87. The van der Waals surface area contributed by atoms with Crippen LogP contribution in [-0.4, -0.2) is 34.9 Å². The smallest absolute Gasteiger partial charge is 0.219 e. The molecule has 0 radical (unpaired) electrons. The molecule has 0 atom stereocenters.